The van der Waals surface area contributed by atoms with Gasteiger partial charge in [-0.1, -0.05) is 17.7 Å². The van der Waals surface area contributed by atoms with E-state index in [1.807, 2.05) is 11.4 Å². The monoisotopic (exact) mass is 202 g/mol. The van der Waals surface area contributed by atoms with E-state index < -0.39 is 0 Å². The lowest BCUT2D eigenvalue weighted by Crippen LogP contribution is -2.40. The third-order valence-corrected chi connectivity index (χ3v) is 2.88. The molecule has 70 valence electrons. The van der Waals surface area contributed by atoms with Gasteiger partial charge in [0.15, 0.2) is 0 Å². The van der Waals surface area contributed by atoms with E-state index in [9.17, 15) is 0 Å². The van der Waals surface area contributed by atoms with Crippen LogP contribution in [0.5, 0.6) is 0 Å². The number of benzene rings is 1. The Morgan fingerprint density at radius 1 is 1.07 bits per heavy atom. The minimum Gasteiger partial charge on any atom is -0.253 e. The first-order chi connectivity index (χ1) is 6.77. The highest BCUT2D eigenvalue weighted by molar-refractivity contribution is 7.08. The summed E-state index contributed by atoms with van der Waals surface area (Å²) in [6.45, 7) is 2.07. The molecule has 2 heteroatoms. The molecule has 0 atom stereocenters. The summed E-state index contributed by atoms with van der Waals surface area (Å²) in [4.78, 5) is 0. The van der Waals surface area contributed by atoms with Crippen molar-refractivity contribution in [2.75, 3.05) is 0 Å². The van der Waals surface area contributed by atoms with Gasteiger partial charge in [-0.25, -0.2) is 0 Å². The van der Waals surface area contributed by atoms with Crippen LogP contribution in [-0.4, -0.2) is 5.71 Å². The number of nitrogens with two attached hydrogens (primary N) is 1. The lowest BCUT2D eigenvalue weighted by atomic mass is 10.0. The molecule has 0 aliphatic rings. The molecule has 1 heterocycles. The SMILES string of the molecule is Cc1ccc(C(=[NH2+])c2ccsc2)cc1. The first-order valence-corrected chi connectivity index (χ1v) is 5.43. The van der Waals surface area contributed by atoms with Crippen molar-refractivity contribution in [3.8, 4) is 0 Å². The fraction of sp³-hybridized carbons (Fsp3) is 0.0833. The van der Waals surface area contributed by atoms with Crippen LogP contribution in [-0.2, 0) is 0 Å². The fourth-order valence-electron chi connectivity index (χ4n) is 1.32. The minimum atomic E-state index is 0.853. The van der Waals surface area contributed by atoms with E-state index in [1.165, 1.54) is 5.56 Å². The summed E-state index contributed by atoms with van der Waals surface area (Å²) in [7, 11) is 0. The summed E-state index contributed by atoms with van der Waals surface area (Å²) in [6.07, 6.45) is 0. The standard InChI is InChI=1S/C12H11NS/c1-9-2-4-10(5-3-9)12(13)11-6-7-14-8-11/h2-8,13H,1H3/p+1. The normalized spacial score (nSPS) is 10.1. The Balaban J connectivity index is 2.33. The smallest absolute Gasteiger partial charge is 0.212 e. The molecule has 1 aromatic heterocycles. The van der Waals surface area contributed by atoms with Gasteiger partial charge in [0.25, 0.3) is 0 Å². The number of thiophene rings is 1. The second-order valence-corrected chi connectivity index (χ2v) is 4.07. The van der Waals surface area contributed by atoms with E-state index >= 15 is 0 Å². The van der Waals surface area contributed by atoms with Gasteiger partial charge >= 0.3 is 0 Å². The third-order valence-electron chi connectivity index (χ3n) is 2.19. The van der Waals surface area contributed by atoms with E-state index in [0.29, 0.717) is 0 Å². The Morgan fingerprint density at radius 2 is 1.79 bits per heavy atom. The molecule has 14 heavy (non-hydrogen) atoms. The first kappa shape index (κ1) is 9.16. The maximum absolute atomic E-state index is 6.03. The van der Waals surface area contributed by atoms with E-state index in [4.69, 9.17) is 5.41 Å². The topological polar surface area (TPSA) is 25.6 Å². The van der Waals surface area contributed by atoms with Crippen LogP contribution in [0.15, 0.2) is 41.1 Å². The summed E-state index contributed by atoms with van der Waals surface area (Å²) >= 11 is 1.66. The molecule has 0 radical (unpaired) electrons. The van der Waals surface area contributed by atoms with E-state index in [0.717, 1.165) is 16.8 Å². The minimum absolute atomic E-state index is 0.853. The molecule has 0 saturated heterocycles. The molecule has 0 fully saturated rings. The van der Waals surface area contributed by atoms with Crippen LogP contribution in [0.3, 0.4) is 0 Å². The molecule has 2 aromatic rings. The number of rotatable bonds is 2. The van der Waals surface area contributed by atoms with Crippen molar-refractivity contribution in [2.24, 2.45) is 0 Å². The maximum atomic E-state index is 6.03. The first-order valence-electron chi connectivity index (χ1n) is 4.49. The zero-order chi connectivity index (χ0) is 9.97. The lowest BCUT2D eigenvalue weighted by molar-refractivity contribution is -0.111. The average molecular weight is 202 g/mol. The van der Waals surface area contributed by atoms with Gasteiger partial charge in [0.05, 0.1) is 5.56 Å². The van der Waals surface area contributed by atoms with Crippen LogP contribution < -0.4 is 5.41 Å². The lowest BCUT2D eigenvalue weighted by Gasteiger charge is -1.97. The van der Waals surface area contributed by atoms with Gasteiger partial charge in [0.2, 0.25) is 5.71 Å². The van der Waals surface area contributed by atoms with Crippen molar-refractivity contribution in [3.63, 3.8) is 0 Å². The van der Waals surface area contributed by atoms with Crippen molar-refractivity contribution in [1.29, 1.82) is 0 Å². The highest BCUT2D eigenvalue weighted by Gasteiger charge is 2.09. The Hall–Kier alpha value is -1.41. The summed E-state index contributed by atoms with van der Waals surface area (Å²) in [5.41, 5.74) is 4.31. The Labute approximate surface area is 87.5 Å². The van der Waals surface area contributed by atoms with E-state index in [-0.39, 0.29) is 0 Å². The highest BCUT2D eigenvalue weighted by atomic mass is 32.1. The van der Waals surface area contributed by atoms with Crippen LogP contribution in [0.2, 0.25) is 0 Å². The van der Waals surface area contributed by atoms with E-state index in [1.54, 1.807) is 11.3 Å². The predicted molar refractivity (Wildman–Crippen MR) is 60.6 cm³/mol. The predicted octanol–water partition coefficient (Wildman–Crippen LogP) is 1.65. The summed E-state index contributed by atoms with van der Waals surface area (Å²) in [6, 6.07) is 10.3. The third kappa shape index (κ3) is 1.75. The molecule has 0 unspecified atom stereocenters. The second-order valence-electron chi connectivity index (χ2n) is 3.29. The number of hydrogen-bond donors (Lipinski definition) is 1. The van der Waals surface area contributed by atoms with Gasteiger partial charge in [-0.3, -0.25) is 5.41 Å². The summed E-state index contributed by atoms with van der Waals surface area (Å²) in [5.74, 6) is 0. The molecule has 0 aliphatic carbocycles. The summed E-state index contributed by atoms with van der Waals surface area (Å²) in [5, 5.41) is 10.1. The Kier molecular flexibility index (Phi) is 2.46. The zero-order valence-corrected chi connectivity index (χ0v) is 8.84. The molecule has 0 aliphatic heterocycles. The van der Waals surface area contributed by atoms with Crippen LogP contribution in [0.25, 0.3) is 0 Å². The van der Waals surface area contributed by atoms with Crippen molar-refractivity contribution >= 4 is 17.0 Å². The van der Waals surface area contributed by atoms with Gasteiger partial charge in [0.1, 0.15) is 0 Å². The van der Waals surface area contributed by atoms with Crippen molar-refractivity contribution in [2.45, 2.75) is 6.92 Å². The van der Waals surface area contributed by atoms with E-state index in [2.05, 4.69) is 36.6 Å². The van der Waals surface area contributed by atoms with Crippen molar-refractivity contribution in [3.05, 3.63) is 57.8 Å². The Bertz CT molecular complexity index is 426. The zero-order valence-electron chi connectivity index (χ0n) is 8.03. The van der Waals surface area contributed by atoms with Gasteiger partial charge in [-0.05, 0) is 30.5 Å². The largest absolute Gasteiger partial charge is 0.253 e. The van der Waals surface area contributed by atoms with Gasteiger partial charge in [-0.2, -0.15) is 11.3 Å². The van der Waals surface area contributed by atoms with Gasteiger partial charge in [-0.15, -0.1) is 0 Å². The molecule has 2 rings (SSSR count). The van der Waals surface area contributed by atoms with Crippen LogP contribution >= 0.6 is 11.3 Å². The summed E-state index contributed by atoms with van der Waals surface area (Å²) < 4.78 is 0. The molecule has 1 nitrogen and oxygen atoms in total. The van der Waals surface area contributed by atoms with Crippen molar-refractivity contribution < 1.29 is 5.41 Å². The number of hydrogen-bond acceptors (Lipinski definition) is 1. The van der Waals surface area contributed by atoms with Crippen molar-refractivity contribution in [1.82, 2.24) is 0 Å². The molecule has 0 spiro atoms. The molecule has 1 aromatic carbocycles. The highest BCUT2D eigenvalue weighted by Crippen LogP contribution is 2.11. The second kappa shape index (κ2) is 3.76. The average Bonchev–Trinajstić information content (AvgIpc) is 2.71. The van der Waals surface area contributed by atoms with Gasteiger partial charge in [0, 0.05) is 10.9 Å². The molecule has 0 bridgehead atoms. The molecule has 0 saturated carbocycles. The van der Waals surface area contributed by atoms with Crippen LogP contribution in [0.1, 0.15) is 16.7 Å². The molecule has 0 amide bonds. The molecular formula is C12H12NS+. The Morgan fingerprint density at radius 3 is 2.36 bits per heavy atom. The molecular weight excluding hydrogens is 190 g/mol. The van der Waals surface area contributed by atoms with Gasteiger partial charge < -0.3 is 0 Å². The molecule has 2 N–H and O–H groups in total. The fourth-order valence-corrected chi connectivity index (χ4v) is 1.97. The maximum Gasteiger partial charge on any atom is 0.212 e. The van der Waals surface area contributed by atoms with Crippen LogP contribution in [0, 0.1) is 6.92 Å². The van der Waals surface area contributed by atoms with Crippen LogP contribution in [0.4, 0.5) is 0 Å². The quantitative estimate of drug-likeness (QED) is 0.717. The number of aryl methyl sites for hydroxylation is 1.